The summed E-state index contributed by atoms with van der Waals surface area (Å²) in [5, 5.41) is 0. The van der Waals surface area contributed by atoms with E-state index in [-0.39, 0.29) is 0 Å². The number of hydrogen-bond donors (Lipinski definition) is 2. The molecule has 1 heterocycles. The molecule has 0 bridgehead atoms. The van der Waals surface area contributed by atoms with Crippen LogP contribution in [0.1, 0.15) is 20.7 Å². The SMILES string of the molecule is Nc1ccc(-c2ccc(-c3c[nH]c(-c4ccc(C=O)cc4)c3-c3ccc(C=O)cc3)cc2)cc1. The Labute approximate surface area is 197 Å². The van der Waals surface area contributed by atoms with Crippen LogP contribution in [0.5, 0.6) is 0 Å². The summed E-state index contributed by atoms with van der Waals surface area (Å²) in [6, 6.07) is 31.3. The first-order valence-corrected chi connectivity index (χ1v) is 11.0. The number of nitrogens with one attached hydrogen (secondary N) is 1. The van der Waals surface area contributed by atoms with Gasteiger partial charge in [0, 0.05) is 34.1 Å². The van der Waals surface area contributed by atoms with E-state index < -0.39 is 0 Å². The molecule has 5 rings (SSSR count). The Morgan fingerprint density at radius 1 is 0.529 bits per heavy atom. The van der Waals surface area contributed by atoms with Gasteiger partial charge in [0.25, 0.3) is 0 Å². The number of benzene rings is 4. The van der Waals surface area contributed by atoms with Gasteiger partial charge in [-0.1, -0.05) is 84.9 Å². The monoisotopic (exact) mass is 442 g/mol. The van der Waals surface area contributed by atoms with Gasteiger partial charge in [0.05, 0.1) is 5.69 Å². The highest BCUT2D eigenvalue weighted by molar-refractivity contribution is 5.94. The van der Waals surface area contributed by atoms with E-state index in [2.05, 4.69) is 29.2 Å². The maximum Gasteiger partial charge on any atom is 0.150 e. The average Bonchev–Trinajstić information content (AvgIpc) is 3.34. The van der Waals surface area contributed by atoms with Crippen LogP contribution in [0, 0.1) is 0 Å². The number of aldehydes is 2. The maximum atomic E-state index is 11.2. The fourth-order valence-corrected chi connectivity index (χ4v) is 4.15. The van der Waals surface area contributed by atoms with Crippen LogP contribution in [0.25, 0.3) is 44.6 Å². The quantitative estimate of drug-likeness (QED) is 0.222. The molecule has 0 unspecified atom stereocenters. The summed E-state index contributed by atoms with van der Waals surface area (Å²) in [5.74, 6) is 0. The fourth-order valence-electron chi connectivity index (χ4n) is 4.15. The first-order valence-electron chi connectivity index (χ1n) is 11.0. The van der Waals surface area contributed by atoms with Gasteiger partial charge in [0.1, 0.15) is 12.6 Å². The molecule has 0 amide bonds. The molecule has 164 valence electrons. The lowest BCUT2D eigenvalue weighted by Crippen LogP contribution is -1.88. The molecule has 0 saturated heterocycles. The van der Waals surface area contributed by atoms with Gasteiger partial charge in [-0.2, -0.15) is 0 Å². The molecule has 1 aromatic heterocycles. The van der Waals surface area contributed by atoms with Crippen molar-refractivity contribution < 1.29 is 9.59 Å². The van der Waals surface area contributed by atoms with Crippen LogP contribution in [0.4, 0.5) is 5.69 Å². The number of rotatable bonds is 6. The van der Waals surface area contributed by atoms with Crippen LogP contribution in [0.2, 0.25) is 0 Å². The van der Waals surface area contributed by atoms with Crippen LogP contribution in [0.3, 0.4) is 0 Å². The molecule has 3 N–H and O–H groups in total. The zero-order chi connectivity index (χ0) is 23.5. The molecule has 0 radical (unpaired) electrons. The minimum Gasteiger partial charge on any atom is -0.399 e. The minimum atomic E-state index is 0.630. The highest BCUT2D eigenvalue weighted by atomic mass is 16.1. The van der Waals surface area contributed by atoms with E-state index >= 15 is 0 Å². The summed E-state index contributed by atoms with van der Waals surface area (Å²) in [6.45, 7) is 0. The van der Waals surface area contributed by atoms with E-state index in [1.165, 1.54) is 0 Å². The Morgan fingerprint density at radius 3 is 1.50 bits per heavy atom. The third-order valence-corrected chi connectivity index (χ3v) is 5.99. The lowest BCUT2D eigenvalue weighted by Gasteiger charge is -2.10. The van der Waals surface area contributed by atoms with Crippen molar-refractivity contribution in [3.05, 3.63) is 114 Å². The molecule has 5 aromatic rings. The Hall–Kier alpha value is -4.70. The molecule has 0 spiro atoms. The summed E-state index contributed by atoms with van der Waals surface area (Å²) in [6.07, 6.45) is 3.69. The number of nitrogens with two attached hydrogens (primary N) is 1. The van der Waals surface area contributed by atoms with E-state index in [1.807, 2.05) is 79.0 Å². The first-order chi connectivity index (χ1) is 16.7. The number of hydrogen-bond acceptors (Lipinski definition) is 3. The zero-order valence-electron chi connectivity index (χ0n) is 18.4. The third kappa shape index (κ3) is 4.05. The smallest absolute Gasteiger partial charge is 0.150 e. The molecule has 0 atom stereocenters. The normalized spacial score (nSPS) is 10.7. The van der Waals surface area contributed by atoms with Crippen molar-refractivity contribution in [3.63, 3.8) is 0 Å². The molecule has 0 fully saturated rings. The molecule has 4 aromatic carbocycles. The summed E-state index contributed by atoms with van der Waals surface area (Å²) >= 11 is 0. The highest BCUT2D eigenvalue weighted by Gasteiger charge is 2.17. The van der Waals surface area contributed by atoms with Gasteiger partial charge in [0.15, 0.2) is 0 Å². The zero-order valence-corrected chi connectivity index (χ0v) is 18.4. The lowest BCUT2D eigenvalue weighted by atomic mass is 9.93. The van der Waals surface area contributed by atoms with E-state index in [1.54, 1.807) is 0 Å². The Kier molecular flexibility index (Phi) is 5.63. The van der Waals surface area contributed by atoms with Crippen molar-refractivity contribution >= 4 is 18.3 Å². The van der Waals surface area contributed by atoms with Crippen molar-refractivity contribution in [1.29, 1.82) is 0 Å². The van der Waals surface area contributed by atoms with Gasteiger partial charge < -0.3 is 10.7 Å². The van der Waals surface area contributed by atoms with Crippen LogP contribution in [-0.4, -0.2) is 17.6 Å². The molecule has 0 aliphatic rings. The minimum absolute atomic E-state index is 0.630. The topological polar surface area (TPSA) is 76.0 Å². The second kappa shape index (κ2) is 9.04. The predicted octanol–water partition coefficient (Wildman–Crippen LogP) is 6.89. The first kappa shape index (κ1) is 21.2. The van der Waals surface area contributed by atoms with Crippen LogP contribution >= 0.6 is 0 Å². The maximum absolute atomic E-state index is 11.2. The van der Waals surface area contributed by atoms with Crippen molar-refractivity contribution in [1.82, 2.24) is 4.98 Å². The molecule has 0 aliphatic heterocycles. The van der Waals surface area contributed by atoms with Crippen LogP contribution in [-0.2, 0) is 0 Å². The van der Waals surface area contributed by atoms with Crippen molar-refractivity contribution in [3.8, 4) is 44.6 Å². The van der Waals surface area contributed by atoms with E-state index in [9.17, 15) is 9.59 Å². The number of H-pyrrole nitrogens is 1. The van der Waals surface area contributed by atoms with E-state index in [0.717, 1.165) is 62.9 Å². The Morgan fingerprint density at radius 2 is 0.971 bits per heavy atom. The van der Waals surface area contributed by atoms with Gasteiger partial charge in [-0.05, 0) is 39.9 Å². The van der Waals surface area contributed by atoms with E-state index in [4.69, 9.17) is 5.73 Å². The largest absolute Gasteiger partial charge is 0.399 e. The van der Waals surface area contributed by atoms with Crippen molar-refractivity contribution in [2.75, 3.05) is 5.73 Å². The Balaban J connectivity index is 1.61. The molecular formula is C30H22N2O2. The van der Waals surface area contributed by atoms with Crippen LogP contribution in [0.15, 0.2) is 103 Å². The fraction of sp³-hybridized carbons (Fsp3) is 0. The van der Waals surface area contributed by atoms with Gasteiger partial charge >= 0.3 is 0 Å². The summed E-state index contributed by atoms with van der Waals surface area (Å²) in [7, 11) is 0. The average molecular weight is 443 g/mol. The van der Waals surface area contributed by atoms with Crippen molar-refractivity contribution in [2.45, 2.75) is 0 Å². The summed E-state index contributed by atoms with van der Waals surface area (Å²) in [5.41, 5.74) is 16.1. The number of nitrogen functional groups attached to an aromatic ring is 1. The number of anilines is 1. The second-order valence-electron chi connectivity index (χ2n) is 8.13. The highest BCUT2D eigenvalue weighted by Crippen LogP contribution is 2.40. The third-order valence-electron chi connectivity index (χ3n) is 5.99. The van der Waals surface area contributed by atoms with Crippen LogP contribution < -0.4 is 5.73 Å². The summed E-state index contributed by atoms with van der Waals surface area (Å²) < 4.78 is 0. The lowest BCUT2D eigenvalue weighted by molar-refractivity contribution is 0.111. The second-order valence-corrected chi connectivity index (χ2v) is 8.13. The molecule has 0 aliphatic carbocycles. The molecule has 34 heavy (non-hydrogen) atoms. The molecule has 4 nitrogen and oxygen atoms in total. The van der Waals surface area contributed by atoms with Gasteiger partial charge in [-0.15, -0.1) is 0 Å². The molecule has 0 saturated carbocycles. The number of carbonyl (C=O) groups is 2. The number of carbonyl (C=O) groups excluding carboxylic acids is 2. The van der Waals surface area contributed by atoms with Gasteiger partial charge in [-0.25, -0.2) is 0 Å². The number of aromatic nitrogens is 1. The number of aromatic amines is 1. The van der Waals surface area contributed by atoms with Gasteiger partial charge in [0.2, 0.25) is 0 Å². The van der Waals surface area contributed by atoms with E-state index in [0.29, 0.717) is 11.1 Å². The molecular weight excluding hydrogens is 420 g/mol. The van der Waals surface area contributed by atoms with Gasteiger partial charge in [-0.3, -0.25) is 9.59 Å². The van der Waals surface area contributed by atoms with Crippen molar-refractivity contribution in [2.24, 2.45) is 0 Å². The predicted molar refractivity (Wildman–Crippen MR) is 138 cm³/mol. The Bertz CT molecular complexity index is 1450. The standard InChI is InChI=1S/C30H22N2O2/c31-27-15-13-23(14-16-27)22-9-11-24(12-10-22)28-17-32-30(26-7-3-21(19-34)4-8-26)29(28)25-5-1-20(18-33)2-6-25/h1-19,32H,31H2. The molecule has 4 heteroatoms. The summed E-state index contributed by atoms with van der Waals surface area (Å²) in [4.78, 5) is 25.7.